The van der Waals surface area contributed by atoms with Crippen LogP contribution in [0.5, 0.6) is 0 Å². The molecule has 1 aromatic carbocycles. The molecule has 7 nitrogen and oxygen atoms in total. The van der Waals surface area contributed by atoms with Crippen LogP contribution < -0.4 is 16.0 Å². The zero-order valence-corrected chi connectivity index (χ0v) is 15.0. The van der Waals surface area contributed by atoms with Crippen LogP contribution in [0.1, 0.15) is 34.1 Å². The van der Waals surface area contributed by atoms with Crippen molar-refractivity contribution in [3.8, 4) is 0 Å². The molecule has 3 N–H and O–H groups in total. The average molecular weight is 347 g/mol. The largest absolute Gasteiger partial charge is 0.444 e. The Hall–Kier alpha value is -2.83. The van der Waals surface area contributed by atoms with E-state index in [0.717, 1.165) is 0 Å². The first-order valence-electron chi connectivity index (χ1n) is 8.00. The molecule has 0 saturated heterocycles. The highest BCUT2D eigenvalue weighted by Crippen LogP contribution is 2.15. The fraction of sp³-hybridized carbons (Fsp3) is 0.389. The van der Waals surface area contributed by atoms with Crippen molar-refractivity contribution in [1.82, 2.24) is 5.32 Å². The zero-order chi connectivity index (χ0) is 18.9. The second-order valence-electron chi connectivity index (χ2n) is 6.30. The highest BCUT2D eigenvalue weighted by molar-refractivity contribution is 6.00. The minimum Gasteiger partial charge on any atom is -0.444 e. The van der Waals surface area contributed by atoms with Gasteiger partial charge in [-0.05, 0) is 52.0 Å². The third-order valence-electron chi connectivity index (χ3n) is 2.75. The van der Waals surface area contributed by atoms with E-state index in [4.69, 9.17) is 4.74 Å². The summed E-state index contributed by atoms with van der Waals surface area (Å²) in [6, 6.07) is 6.81. The van der Waals surface area contributed by atoms with Crippen LogP contribution >= 0.6 is 0 Å². The van der Waals surface area contributed by atoms with Gasteiger partial charge in [-0.3, -0.25) is 9.59 Å². The molecule has 0 aliphatic rings. The van der Waals surface area contributed by atoms with E-state index in [-0.39, 0.29) is 24.8 Å². The summed E-state index contributed by atoms with van der Waals surface area (Å²) in [5, 5.41) is 7.92. The number of nitrogens with one attached hydrogen (secondary N) is 3. The van der Waals surface area contributed by atoms with E-state index in [1.54, 1.807) is 58.0 Å². The summed E-state index contributed by atoms with van der Waals surface area (Å²) >= 11 is 0. The number of hydrogen-bond donors (Lipinski definition) is 3. The number of amides is 3. The molecule has 1 rings (SSSR count). The van der Waals surface area contributed by atoms with Crippen LogP contribution in [-0.4, -0.2) is 30.1 Å². The number of allylic oxidation sites excluding steroid dienone is 1. The normalized spacial score (nSPS) is 11.0. The predicted octanol–water partition coefficient (Wildman–Crippen LogP) is 3.05. The number of ether oxygens (including phenoxy) is 1. The number of alkyl carbamates (subject to hydrolysis) is 1. The second-order valence-corrected chi connectivity index (χ2v) is 6.30. The van der Waals surface area contributed by atoms with Gasteiger partial charge >= 0.3 is 6.09 Å². The number of carbonyl (C=O) groups excluding carboxylic acids is 3. The highest BCUT2D eigenvalue weighted by Gasteiger charge is 2.15. The Balaban J connectivity index is 2.44. The Kier molecular flexibility index (Phi) is 7.65. The number of carbonyl (C=O) groups is 3. The Bertz CT molecular complexity index is 648. The molecule has 0 unspecified atom stereocenters. The maximum atomic E-state index is 11.9. The van der Waals surface area contributed by atoms with Gasteiger partial charge in [0.05, 0.1) is 0 Å². The van der Waals surface area contributed by atoms with Gasteiger partial charge in [0.1, 0.15) is 5.60 Å². The lowest BCUT2D eigenvalue weighted by Crippen LogP contribution is -2.34. The van der Waals surface area contributed by atoms with Crippen molar-refractivity contribution < 1.29 is 19.1 Å². The van der Waals surface area contributed by atoms with Crippen molar-refractivity contribution in [2.24, 2.45) is 0 Å². The zero-order valence-electron chi connectivity index (χ0n) is 15.0. The number of hydrogen-bond acceptors (Lipinski definition) is 4. The fourth-order valence-corrected chi connectivity index (χ4v) is 1.83. The lowest BCUT2D eigenvalue weighted by Gasteiger charge is -2.19. The molecule has 0 saturated carbocycles. The molecule has 136 valence electrons. The van der Waals surface area contributed by atoms with Crippen molar-refractivity contribution >= 4 is 29.3 Å². The summed E-state index contributed by atoms with van der Waals surface area (Å²) in [4.78, 5) is 34.9. The quantitative estimate of drug-likeness (QED) is 0.689. The summed E-state index contributed by atoms with van der Waals surface area (Å²) in [5.41, 5.74) is 0.554. The van der Waals surface area contributed by atoms with Crippen LogP contribution in [0.2, 0.25) is 0 Å². The molecule has 0 fully saturated rings. The summed E-state index contributed by atoms with van der Waals surface area (Å²) in [6.45, 7) is 7.21. The number of anilines is 2. The molecule has 0 aliphatic carbocycles. The Morgan fingerprint density at radius 3 is 2.36 bits per heavy atom. The van der Waals surface area contributed by atoms with Crippen LogP contribution in [0.25, 0.3) is 0 Å². The minimum atomic E-state index is -0.579. The first kappa shape index (κ1) is 20.2. The smallest absolute Gasteiger partial charge is 0.407 e. The third-order valence-corrected chi connectivity index (χ3v) is 2.75. The van der Waals surface area contributed by atoms with Gasteiger partial charge in [0.25, 0.3) is 0 Å². The van der Waals surface area contributed by atoms with Crippen molar-refractivity contribution in [3.05, 3.63) is 36.4 Å². The second kappa shape index (κ2) is 9.46. The van der Waals surface area contributed by atoms with Gasteiger partial charge in [0, 0.05) is 24.3 Å². The van der Waals surface area contributed by atoms with E-state index in [1.807, 2.05) is 0 Å². The van der Waals surface area contributed by atoms with E-state index in [1.165, 1.54) is 6.08 Å². The van der Waals surface area contributed by atoms with E-state index >= 15 is 0 Å². The van der Waals surface area contributed by atoms with Gasteiger partial charge < -0.3 is 20.7 Å². The van der Waals surface area contributed by atoms with Gasteiger partial charge in [-0.2, -0.15) is 0 Å². The van der Waals surface area contributed by atoms with Crippen LogP contribution in [0.3, 0.4) is 0 Å². The van der Waals surface area contributed by atoms with Gasteiger partial charge in [0.2, 0.25) is 11.8 Å². The SMILES string of the molecule is C/C=C/C(=O)Nc1cccc(NC(=O)CCNC(=O)OC(C)(C)C)c1. The predicted molar refractivity (Wildman–Crippen MR) is 97.4 cm³/mol. The van der Waals surface area contributed by atoms with Gasteiger partial charge in [-0.15, -0.1) is 0 Å². The first-order valence-corrected chi connectivity index (χ1v) is 8.00. The van der Waals surface area contributed by atoms with Gasteiger partial charge in [-0.1, -0.05) is 12.1 Å². The van der Waals surface area contributed by atoms with E-state index in [2.05, 4.69) is 16.0 Å². The molecular formula is C18H25N3O4. The summed E-state index contributed by atoms with van der Waals surface area (Å²) in [6.07, 6.45) is 2.59. The topological polar surface area (TPSA) is 96.5 Å². The van der Waals surface area contributed by atoms with Crippen LogP contribution in [0.15, 0.2) is 36.4 Å². The molecule has 7 heteroatoms. The molecule has 0 aromatic heterocycles. The van der Waals surface area contributed by atoms with Crippen molar-refractivity contribution in [3.63, 3.8) is 0 Å². The summed E-state index contributed by atoms with van der Waals surface area (Å²) in [5.74, 6) is -0.500. The molecule has 0 radical (unpaired) electrons. The lowest BCUT2D eigenvalue weighted by molar-refractivity contribution is -0.116. The molecule has 0 bridgehead atoms. The molecule has 0 heterocycles. The van der Waals surface area contributed by atoms with Crippen molar-refractivity contribution in [1.29, 1.82) is 0 Å². The van der Waals surface area contributed by atoms with E-state index in [9.17, 15) is 14.4 Å². The standard InChI is InChI=1S/C18H25N3O4/c1-5-7-15(22)20-13-8-6-9-14(12-13)21-16(23)10-11-19-17(24)25-18(2,3)4/h5-9,12H,10-11H2,1-4H3,(H,19,24)(H,20,22)(H,21,23)/b7-5+. The minimum absolute atomic E-state index is 0.106. The van der Waals surface area contributed by atoms with Gasteiger partial charge in [-0.25, -0.2) is 4.79 Å². The number of benzene rings is 1. The van der Waals surface area contributed by atoms with Crippen LogP contribution in [0, 0.1) is 0 Å². The molecule has 0 atom stereocenters. The monoisotopic (exact) mass is 347 g/mol. The van der Waals surface area contributed by atoms with Crippen LogP contribution in [-0.2, 0) is 14.3 Å². The van der Waals surface area contributed by atoms with E-state index in [0.29, 0.717) is 11.4 Å². The molecule has 25 heavy (non-hydrogen) atoms. The maximum absolute atomic E-state index is 11.9. The molecule has 1 aromatic rings. The Morgan fingerprint density at radius 1 is 1.12 bits per heavy atom. The number of rotatable bonds is 6. The van der Waals surface area contributed by atoms with Gasteiger partial charge in [0.15, 0.2) is 0 Å². The Morgan fingerprint density at radius 2 is 1.76 bits per heavy atom. The molecule has 3 amide bonds. The lowest BCUT2D eigenvalue weighted by atomic mass is 10.2. The van der Waals surface area contributed by atoms with Crippen LogP contribution in [0.4, 0.5) is 16.2 Å². The van der Waals surface area contributed by atoms with Crippen molar-refractivity contribution in [2.75, 3.05) is 17.2 Å². The highest BCUT2D eigenvalue weighted by atomic mass is 16.6. The fourth-order valence-electron chi connectivity index (χ4n) is 1.83. The molecular weight excluding hydrogens is 322 g/mol. The van der Waals surface area contributed by atoms with Crippen molar-refractivity contribution in [2.45, 2.75) is 39.7 Å². The summed E-state index contributed by atoms with van der Waals surface area (Å²) in [7, 11) is 0. The first-order chi connectivity index (χ1) is 11.7. The Labute approximate surface area is 147 Å². The summed E-state index contributed by atoms with van der Waals surface area (Å²) < 4.78 is 5.08. The van der Waals surface area contributed by atoms with E-state index < -0.39 is 11.7 Å². The third kappa shape index (κ3) is 9.14. The molecule has 0 aliphatic heterocycles. The average Bonchev–Trinajstić information content (AvgIpc) is 2.45. The maximum Gasteiger partial charge on any atom is 0.407 e. The molecule has 0 spiro atoms.